The number of carbonyl (C=O) groups excluding carboxylic acids is 3. The standard InChI is InChI=1S/C46H54ClFN8O3/c1-31-26-46(30-56(31)36-7-5-33(29-49)38(47)25-36)13-15-54(16-14-46)41-9-6-32(23-39(41)48)44(59)55-17-11-45(12-18-55)27-37(28-45)53-21-19-52(20-22-53)35-4-2-3-34(24-35)50-40-8-10-42(57)51-43(40)58/h2-7,9,23-25,31,37,40,50H,8,10-22,26-28,30H2,1H3,(H,51,57,58)/t31-,40+/m1/s1. The number of nitriles is 1. The van der Waals surface area contributed by atoms with Gasteiger partial charge in [0.05, 0.1) is 16.3 Å². The third kappa shape index (κ3) is 7.96. The minimum Gasteiger partial charge on any atom is -0.374 e. The summed E-state index contributed by atoms with van der Waals surface area (Å²) in [5.74, 6) is -0.876. The summed E-state index contributed by atoms with van der Waals surface area (Å²) in [5, 5.41) is 15.5. The molecule has 6 fully saturated rings. The van der Waals surface area contributed by atoms with E-state index in [1.165, 1.54) is 18.9 Å². The van der Waals surface area contributed by atoms with Crippen LogP contribution in [0.25, 0.3) is 0 Å². The average molecular weight is 821 g/mol. The van der Waals surface area contributed by atoms with Crippen LogP contribution in [0.1, 0.15) is 80.6 Å². The van der Waals surface area contributed by atoms with Crippen molar-refractivity contribution < 1.29 is 18.8 Å². The summed E-state index contributed by atoms with van der Waals surface area (Å²) in [4.78, 5) is 48.9. The number of hydrogen-bond acceptors (Lipinski definition) is 9. The van der Waals surface area contributed by atoms with Crippen molar-refractivity contribution in [1.82, 2.24) is 15.1 Å². The number of carbonyl (C=O) groups is 3. The SMILES string of the molecule is C[C@@H]1CC2(CCN(c3ccc(C(=O)N4CCC5(CC4)CC(N4CCN(c6cccc(N[C@H]7CCC(=O)NC7=O)c6)CC4)C5)cc3F)CC2)CN1c1ccc(C#N)c(Cl)c1. The number of imide groups is 1. The van der Waals surface area contributed by atoms with Crippen molar-refractivity contribution in [2.45, 2.75) is 82.8 Å². The fourth-order valence-electron chi connectivity index (χ4n) is 11.1. The van der Waals surface area contributed by atoms with Gasteiger partial charge in [-0.15, -0.1) is 0 Å². The van der Waals surface area contributed by atoms with Gasteiger partial charge in [-0.25, -0.2) is 4.39 Å². The molecule has 0 bridgehead atoms. The van der Waals surface area contributed by atoms with E-state index in [1.807, 2.05) is 35.2 Å². The fourth-order valence-corrected chi connectivity index (χ4v) is 11.3. The third-order valence-corrected chi connectivity index (χ3v) is 14.9. The number of halogens is 2. The number of rotatable bonds is 7. The molecule has 1 aliphatic carbocycles. The lowest BCUT2D eigenvalue weighted by atomic mass is 9.60. The van der Waals surface area contributed by atoms with Crippen LogP contribution >= 0.6 is 11.6 Å². The second-order valence-corrected chi connectivity index (χ2v) is 18.6. The molecule has 0 radical (unpaired) electrons. The highest BCUT2D eigenvalue weighted by atomic mass is 35.5. The Hall–Kier alpha value is -4.86. The molecule has 310 valence electrons. The van der Waals surface area contributed by atoms with Gasteiger partial charge in [0.15, 0.2) is 0 Å². The number of piperidine rings is 3. The largest absolute Gasteiger partial charge is 0.374 e. The topological polar surface area (TPSA) is 115 Å². The van der Waals surface area contributed by atoms with E-state index in [0.717, 1.165) is 95.0 Å². The minimum absolute atomic E-state index is 0.0748. The summed E-state index contributed by atoms with van der Waals surface area (Å²) in [7, 11) is 0. The highest BCUT2D eigenvalue weighted by Crippen LogP contribution is 2.51. The number of amides is 3. The molecule has 5 heterocycles. The molecule has 2 spiro atoms. The predicted molar refractivity (Wildman–Crippen MR) is 228 cm³/mol. The van der Waals surface area contributed by atoms with E-state index < -0.39 is 6.04 Å². The minimum atomic E-state index is -0.399. The van der Waals surface area contributed by atoms with Gasteiger partial charge in [0.1, 0.15) is 17.9 Å². The Morgan fingerprint density at radius 1 is 0.864 bits per heavy atom. The Balaban J connectivity index is 0.721. The lowest BCUT2D eigenvalue weighted by Gasteiger charge is -2.56. The van der Waals surface area contributed by atoms with Crippen molar-refractivity contribution in [3.63, 3.8) is 0 Å². The zero-order chi connectivity index (χ0) is 40.9. The first kappa shape index (κ1) is 39.6. The van der Waals surface area contributed by atoms with Crippen LogP contribution in [0.5, 0.6) is 0 Å². The zero-order valence-corrected chi connectivity index (χ0v) is 34.7. The first-order valence-electron chi connectivity index (χ1n) is 21.5. The van der Waals surface area contributed by atoms with Crippen molar-refractivity contribution in [2.24, 2.45) is 10.8 Å². The Bertz CT molecular complexity index is 2150. The monoisotopic (exact) mass is 820 g/mol. The van der Waals surface area contributed by atoms with Gasteiger partial charge in [0.25, 0.3) is 5.91 Å². The average Bonchev–Trinajstić information content (AvgIpc) is 3.56. The van der Waals surface area contributed by atoms with E-state index >= 15 is 4.39 Å². The molecule has 5 saturated heterocycles. The number of nitrogens with zero attached hydrogens (tertiary/aromatic N) is 6. The van der Waals surface area contributed by atoms with Gasteiger partial charge in [0, 0.05) is 100 Å². The van der Waals surface area contributed by atoms with Gasteiger partial charge in [-0.2, -0.15) is 5.26 Å². The second-order valence-electron chi connectivity index (χ2n) is 18.2. The Labute approximate surface area is 351 Å². The molecule has 59 heavy (non-hydrogen) atoms. The van der Waals surface area contributed by atoms with Gasteiger partial charge in [-0.1, -0.05) is 17.7 Å². The summed E-state index contributed by atoms with van der Waals surface area (Å²) in [5.41, 5.74) is 5.00. The van der Waals surface area contributed by atoms with Crippen molar-refractivity contribution in [2.75, 3.05) is 78.9 Å². The van der Waals surface area contributed by atoms with Gasteiger partial charge in [-0.05, 0) is 124 Å². The van der Waals surface area contributed by atoms with Gasteiger partial charge in [0.2, 0.25) is 11.8 Å². The maximum absolute atomic E-state index is 15.7. The van der Waals surface area contributed by atoms with Crippen LogP contribution in [0.2, 0.25) is 5.02 Å². The molecule has 11 nitrogen and oxygen atoms in total. The molecular formula is C46H54ClFN8O3. The summed E-state index contributed by atoms with van der Waals surface area (Å²) in [6.45, 7) is 10.0. The van der Waals surface area contributed by atoms with E-state index in [1.54, 1.807) is 12.1 Å². The fraction of sp³-hybridized carbons (Fsp3) is 0.522. The first-order valence-corrected chi connectivity index (χ1v) is 21.9. The van der Waals surface area contributed by atoms with E-state index in [4.69, 9.17) is 11.6 Å². The van der Waals surface area contributed by atoms with Crippen LogP contribution in [0.15, 0.2) is 60.7 Å². The maximum Gasteiger partial charge on any atom is 0.253 e. The number of benzene rings is 3. The van der Waals surface area contributed by atoms with Crippen LogP contribution < -0.4 is 25.3 Å². The lowest BCUT2D eigenvalue weighted by Crippen LogP contribution is -2.59. The molecule has 0 unspecified atom stereocenters. The Morgan fingerprint density at radius 3 is 2.31 bits per heavy atom. The van der Waals surface area contributed by atoms with Gasteiger partial charge < -0.3 is 24.9 Å². The molecule has 5 aliphatic heterocycles. The van der Waals surface area contributed by atoms with Crippen LogP contribution in [-0.2, 0) is 9.59 Å². The van der Waals surface area contributed by atoms with E-state index in [-0.39, 0.29) is 29.0 Å². The predicted octanol–water partition coefficient (Wildman–Crippen LogP) is 6.66. The normalized spacial score (nSPS) is 24.6. The summed E-state index contributed by atoms with van der Waals surface area (Å²) in [6, 6.07) is 21.6. The van der Waals surface area contributed by atoms with E-state index in [9.17, 15) is 19.6 Å². The van der Waals surface area contributed by atoms with E-state index in [0.29, 0.717) is 65.3 Å². The highest BCUT2D eigenvalue weighted by Gasteiger charge is 2.49. The molecule has 13 heteroatoms. The molecule has 6 aliphatic rings. The first-order chi connectivity index (χ1) is 28.5. The van der Waals surface area contributed by atoms with Gasteiger partial charge in [-0.3, -0.25) is 24.6 Å². The summed E-state index contributed by atoms with van der Waals surface area (Å²) >= 11 is 6.37. The molecule has 2 N–H and O–H groups in total. The lowest BCUT2D eigenvalue weighted by molar-refractivity contribution is -0.133. The molecule has 3 amide bonds. The molecule has 9 rings (SSSR count). The van der Waals surface area contributed by atoms with Crippen molar-refractivity contribution >= 4 is 52.1 Å². The molecule has 3 aromatic rings. The molecular weight excluding hydrogens is 767 g/mol. The Morgan fingerprint density at radius 2 is 1.61 bits per heavy atom. The van der Waals surface area contributed by atoms with Crippen LogP contribution in [0.3, 0.4) is 0 Å². The van der Waals surface area contributed by atoms with Crippen molar-refractivity contribution in [3.05, 3.63) is 82.6 Å². The maximum atomic E-state index is 15.7. The van der Waals surface area contributed by atoms with Crippen LogP contribution in [0.4, 0.5) is 27.1 Å². The summed E-state index contributed by atoms with van der Waals surface area (Å²) < 4.78 is 15.7. The quantitative estimate of drug-likeness (QED) is 0.253. The number of likely N-dealkylation sites (tertiary alicyclic amines) is 1. The molecule has 3 aromatic carbocycles. The van der Waals surface area contributed by atoms with Crippen LogP contribution in [0, 0.1) is 28.0 Å². The number of hydrogen-bond donors (Lipinski definition) is 2. The second kappa shape index (κ2) is 16.0. The molecule has 2 atom stereocenters. The highest BCUT2D eigenvalue weighted by molar-refractivity contribution is 6.32. The Kier molecular flexibility index (Phi) is 10.7. The number of nitrogens with one attached hydrogen (secondary N) is 2. The smallest absolute Gasteiger partial charge is 0.253 e. The molecule has 1 saturated carbocycles. The van der Waals surface area contributed by atoms with Crippen molar-refractivity contribution in [3.8, 4) is 6.07 Å². The number of piperazine rings is 1. The zero-order valence-electron chi connectivity index (χ0n) is 33.9. The summed E-state index contributed by atoms with van der Waals surface area (Å²) in [6.07, 6.45) is 8.17. The van der Waals surface area contributed by atoms with Gasteiger partial charge >= 0.3 is 0 Å². The van der Waals surface area contributed by atoms with E-state index in [2.05, 4.69) is 55.4 Å². The molecule has 0 aromatic heterocycles. The third-order valence-electron chi connectivity index (χ3n) is 14.6. The van der Waals surface area contributed by atoms with Crippen molar-refractivity contribution in [1.29, 1.82) is 5.26 Å². The number of anilines is 4. The van der Waals surface area contributed by atoms with Crippen LogP contribution in [-0.4, -0.2) is 105 Å².